The van der Waals surface area contributed by atoms with Crippen molar-refractivity contribution in [1.29, 1.82) is 0 Å². The third-order valence-corrected chi connectivity index (χ3v) is 0.767. The van der Waals surface area contributed by atoms with E-state index in [1.807, 2.05) is 0 Å². The Morgan fingerprint density at radius 3 is 2.17 bits per heavy atom. The molecule has 0 unspecified atom stereocenters. The van der Waals surface area contributed by atoms with Crippen LogP contribution in [0.3, 0.4) is 0 Å². The second kappa shape index (κ2) is 6.46. The molecule has 0 rings (SSSR count). The van der Waals surface area contributed by atoms with Crippen molar-refractivity contribution in [3.05, 3.63) is 0 Å². The van der Waals surface area contributed by atoms with E-state index < -0.39 is 5.97 Å². The van der Waals surface area contributed by atoms with E-state index in [2.05, 4.69) is 0 Å². The average molecular weight is 228 g/mol. The molecule has 1 N–H and O–H groups in total. The second-order valence-electron chi connectivity index (χ2n) is 0.527. The van der Waals surface area contributed by atoms with Crippen molar-refractivity contribution < 1.29 is 12.8 Å². The zero-order valence-electron chi connectivity index (χ0n) is 5.15. The van der Waals surface area contributed by atoms with Gasteiger partial charge in [0.15, 0.2) is 0 Å². The number of rotatable bonds is 1. The Kier molecular flexibility index (Phi) is 11.2. The van der Waals surface area contributed by atoms with E-state index in [1.165, 1.54) is 0 Å². The smallest absolute Gasteiger partial charge is 1.00 e. The zero-order valence-corrected chi connectivity index (χ0v) is 7.51. The van der Waals surface area contributed by atoms with Crippen molar-refractivity contribution in [2.75, 3.05) is 4.43 Å². The first-order chi connectivity index (χ1) is 2.27. The van der Waals surface area contributed by atoms with E-state index in [1.54, 1.807) is 22.6 Å². The summed E-state index contributed by atoms with van der Waals surface area (Å²) in [5, 5.41) is 7.71. The Labute approximate surface area is 82.4 Å². The SMILES string of the molecule is O=C(O)CI.[Ca+2].[H-].[H-]. The molecule has 2 nitrogen and oxygen atoms in total. The summed E-state index contributed by atoms with van der Waals surface area (Å²) < 4.78 is 0.192. The van der Waals surface area contributed by atoms with Crippen molar-refractivity contribution in [3.8, 4) is 0 Å². The van der Waals surface area contributed by atoms with Gasteiger partial charge in [-0.05, 0) is 0 Å². The molecule has 0 aliphatic rings. The van der Waals surface area contributed by atoms with Gasteiger partial charge < -0.3 is 7.96 Å². The van der Waals surface area contributed by atoms with Crippen molar-refractivity contribution in [1.82, 2.24) is 0 Å². The summed E-state index contributed by atoms with van der Waals surface area (Å²) in [6.07, 6.45) is 0. The van der Waals surface area contributed by atoms with E-state index in [4.69, 9.17) is 5.11 Å². The van der Waals surface area contributed by atoms with Crippen molar-refractivity contribution in [3.63, 3.8) is 0 Å². The molecule has 0 aromatic heterocycles. The van der Waals surface area contributed by atoms with Crippen LogP contribution in [0.2, 0.25) is 0 Å². The fourth-order valence-electron chi connectivity index (χ4n) is 0. The maximum atomic E-state index is 9.36. The van der Waals surface area contributed by atoms with Crippen LogP contribution in [0.4, 0.5) is 0 Å². The number of carboxylic acid groups (broad SMARTS) is 1. The van der Waals surface area contributed by atoms with Gasteiger partial charge in [0.05, 0.1) is 4.43 Å². The molecule has 0 amide bonds. The Morgan fingerprint density at radius 2 is 2.17 bits per heavy atom. The second-order valence-corrected chi connectivity index (χ2v) is 1.29. The van der Waals surface area contributed by atoms with Gasteiger partial charge in [0.25, 0.3) is 0 Å². The van der Waals surface area contributed by atoms with Gasteiger partial charge >= 0.3 is 43.7 Å². The Balaban J connectivity index is -0.0000000267. The molecule has 0 aliphatic heterocycles. The molecule has 0 radical (unpaired) electrons. The van der Waals surface area contributed by atoms with Crippen molar-refractivity contribution in [2.45, 2.75) is 0 Å². The monoisotopic (exact) mass is 228 g/mol. The third kappa shape index (κ3) is 9.07. The van der Waals surface area contributed by atoms with Crippen molar-refractivity contribution >= 4 is 66.3 Å². The maximum absolute atomic E-state index is 9.36. The van der Waals surface area contributed by atoms with E-state index in [0.717, 1.165) is 0 Å². The molecule has 0 saturated heterocycles. The number of halogens is 1. The summed E-state index contributed by atoms with van der Waals surface area (Å²) in [5.74, 6) is -0.759. The van der Waals surface area contributed by atoms with E-state index in [-0.39, 0.29) is 45.0 Å². The summed E-state index contributed by atoms with van der Waals surface area (Å²) in [6.45, 7) is 0. The van der Waals surface area contributed by atoms with Crippen LogP contribution in [-0.2, 0) is 4.79 Å². The fraction of sp³-hybridized carbons (Fsp3) is 0.500. The molecule has 0 spiro atoms. The van der Waals surface area contributed by atoms with Gasteiger partial charge in [0.2, 0.25) is 0 Å². The molecule has 0 bridgehead atoms. The van der Waals surface area contributed by atoms with Gasteiger partial charge in [-0.1, -0.05) is 22.6 Å². The molecule has 0 atom stereocenters. The van der Waals surface area contributed by atoms with Gasteiger partial charge in [0.1, 0.15) is 0 Å². The van der Waals surface area contributed by atoms with Crippen molar-refractivity contribution in [2.24, 2.45) is 0 Å². The molecule has 0 saturated carbocycles. The van der Waals surface area contributed by atoms with Crippen LogP contribution in [0.1, 0.15) is 2.85 Å². The predicted molar refractivity (Wildman–Crippen MR) is 34.5 cm³/mol. The molecule has 0 aliphatic carbocycles. The summed E-state index contributed by atoms with van der Waals surface area (Å²) >= 11 is 1.78. The average Bonchev–Trinajstić information content (AvgIpc) is 1.38. The topological polar surface area (TPSA) is 37.3 Å². The van der Waals surface area contributed by atoms with E-state index in [0.29, 0.717) is 0 Å². The Morgan fingerprint density at radius 1 is 2.00 bits per heavy atom. The molecule has 0 aromatic rings. The minimum Gasteiger partial charge on any atom is -1.00 e. The Hall–Kier alpha value is 1.46. The maximum Gasteiger partial charge on any atom is 2.00 e. The predicted octanol–water partition coefficient (Wildman–Crippen LogP) is 0.350. The number of carbonyl (C=O) groups is 1. The number of hydrogen-bond acceptors (Lipinski definition) is 1. The molecule has 0 aromatic carbocycles. The number of hydrogen-bond donors (Lipinski definition) is 1. The van der Waals surface area contributed by atoms with Crippen LogP contribution < -0.4 is 0 Å². The summed E-state index contributed by atoms with van der Waals surface area (Å²) in [7, 11) is 0. The molecular weight excluding hydrogens is 223 g/mol. The van der Waals surface area contributed by atoms with Crippen LogP contribution in [0, 0.1) is 0 Å². The van der Waals surface area contributed by atoms with Gasteiger partial charge in [-0.2, -0.15) is 0 Å². The third-order valence-electron chi connectivity index (χ3n) is 0.114. The molecule has 6 heavy (non-hydrogen) atoms. The van der Waals surface area contributed by atoms with Gasteiger partial charge in [0, 0.05) is 0 Å². The van der Waals surface area contributed by atoms with Crippen LogP contribution in [0.15, 0.2) is 0 Å². The summed E-state index contributed by atoms with van der Waals surface area (Å²) in [6, 6.07) is 0. The summed E-state index contributed by atoms with van der Waals surface area (Å²) in [4.78, 5) is 9.36. The minimum atomic E-state index is -0.759. The quantitative estimate of drug-likeness (QED) is 0.399. The van der Waals surface area contributed by atoms with Crippen LogP contribution in [-0.4, -0.2) is 53.2 Å². The number of aliphatic carboxylic acids is 1. The van der Waals surface area contributed by atoms with E-state index in [9.17, 15) is 4.79 Å². The zero-order chi connectivity index (χ0) is 4.28. The molecular formula is C2H5CaIO2. The standard InChI is InChI=1S/C2H3IO2.Ca.2H/c3-1-2(4)5;;;/h1H2,(H,4,5);;;/q;+2;2*-1. The summed E-state index contributed by atoms with van der Waals surface area (Å²) in [5.41, 5.74) is 0. The molecule has 0 heterocycles. The van der Waals surface area contributed by atoms with Gasteiger partial charge in [-0.15, -0.1) is 0 Å². The van der Waals surface area contributed by atoms with Gasteiger partial charge in [-0.3, -0.25) is 4.79 Å². The fourth-order valence-corrected chi connectivity index (χ4v) is 0. The Bertz CT molecular complexity index is 53.3. The van der Waals surface area contributed by atoms with E-state index >= 15 is 0 Å². The normalized spacial score (nSPS) is 6.17. The first-order valence-corrected chi connectivity index (χ1v) is 2.57. The van der Waals surface area contributed by atoms with Crippen LogP contribution in [0.25, 0.3) is 0 Å². The number of carboxylic acids is 1. The molecule has 4 heteroatoms. The van der Waals surface area contributed by atoms with Gasteiger partial charge in [-0.25, -0.2) is 0 Å². The van der Waals surface area contributed by atoms with Crippen LogP contribution >= 0.6 is 22.6 Å². The largest absolute Gasteiger partial charge is 2.00 e. The molecule has 0 fully saturated rings. The molecule has 34 valence electrons. The first kappa shape index (κ1) is 10.4. The van der Waals surface area contributed by atoms with Crippen LogP contribution in [0.5, 0.6) is 0 Å². The number of alkyl halides is 1. The first-order valence-electron chi connectivity index (χ1n) is 1.05. The minimum absolute atomic E-state index is 0.